The minimum Gasteiger partial charge on any atom is -0.313 e. The summed E-state index contributed by atoms with van der Waals surface area (Å²) < 4.78 is 2.05. The van der Waals surface area contributed by atoms with Crippen LogP contribution in [0.1, 0.15) is 17.0 Å². The molecule has 0 unspecified atom stereocenters. The van der Waals surface area contributed by atoms with Crippen molar-refractivity contribution >= 4 is 5.65 Å². The van der Waals surface area contributed by atoms with Gasteiger partial charge >= 0.3 is 0 Å². The Hall–Kier alpha value is -2.20. The van der Waals surface area contributed by atoms with Crippen molar-refractivity contribution in [2.24, 2.45) is 0 Å². The number of benzene rings is 1. The van der Waals surface area contributed by atoms with Gasteiger partial charge < -0.3 is 5.32 Å². The van der Waals surface area contributed by atoms with Gasteiger partial charge in [0.1, 0.15) is 11.5 Å². The Morgan fingerprint density at radius 2 is 1.90 bits per heavy atom. The number of hydrogen-bond donors (Lipinski definition) is 1. The predicted molar refractivity (Wildman–Crippen MR) is 80.7 cm³/mol. The van der Waals surface area contributed by atoms with Crippen LogP contribution in [0.25, 0.3) is 16.9 Å². The fraction of sp³-hybridized carbons (Fsp3) is 0.250. The molecule has 4 heteroatoms. The number of imidazole rings is 1. The molecule has 4 nitrogen and oxygen atoms in total. The molecule has 2 aromatic heterocycles. The van der Waals surface area contributed by atoms with Crippen molar-refractivity contribution in [1.82, 2.24) is 19.7 Å². The lowest BCUT2D eigenvalue weighted by Gasteiger charge is -2.02. The Kier molecular flexibility index (Phi) is 3.24. The first-order chi connectivity index (χ1) is 9.69. The molecule has 102 valence electrons. The van der Waals surface area contributed by atoms with E-state index in [1.165, 1.54) is 11.1 Å². The van der Waals surface area contributed by atoms with Gasteiger partial charge in [0, 0.05) is 18.0 Å². The van der Waals surface area contributed by atoms with Gasteiger partial charge in [0.2, 0.25) is 0 Å². The maximum atomic E-state index is 4.77. The molecule has 2 heterocycles. The Morgan fingerprint density at radius 3 is 2.60 bits per heavy atom. The number of aryl methyl sites for hydroxylation is 2. The molecule has 0 saturated heterocycles. The zero-order valence-electron chi connectivity index (χ0n) is 12.0. The maximum Gasteiger partial charge on any atom is 0.164 e. The van der Waals surface area contributed by atoms with Crippen molar-refractivity contribution in [3.8, 4) is 11.3 Å². The first kappa shape index (κ1) is 12.8. The molecule has 0 amide bonds. The van der Waals surface area contributed by atoms with Crippen LogP contribution in [-0.2, 0) is 6.54 Å². The summed E-state index contributed by atoms with van der Waals surface area (Å²) in [6.07, 6.45) is 3.82. The monoisotopic (exact) mass is 266 g/mol. The molecule has 0 aliphatic carbocycles. The van der Waals surface area contributed by atoms with E-state index < -0.39 is 0 Å². The molecule has 0 fully saturated rings. The van der Waals surface area contributed by atoms with Crippen molar-refractivity contribution in [3.05, 3.63) is 53.6 Å². The van der Waals surface area contributed by atoms with Crippen LogP contribution < -0.4 is 5.32 Å². The lowest BCUT2D eigenvalue weighted by atomic mass is 10.1. The van der Waals surface area contributed by atoms with Crippen LogP contribution in [-0.4, -0.2) is 21.4 Å². The molecule has 1 aromatic carbocycles. The molecule has 0 spiro atoms. The molecule has 0 bridgehead atoms. The molecule has 3 rings (SSSR count). The number of fused-ring (bicyclic) bond motifs is 1. The summed E-state index contributed by atoms with van der Waals surface area (Å²) in [5.41, 5.74) is 5.46. The molecular formula is C16H18N4. The lowest BCUT2D eigenvalue weighted by molar-refractivity contribution is 0.754. The van der Waals surface area contributed by atoms with Gasteiger partial charge in [0.25, 0.3) is 0 Å². The predicted octanol–water partition coefficient (Wildman–Crippen LogP) is 2.73. The van der Waals surface area contributed by atoms with E-state index in [2.05, 4.69) is 42.3 Å². The van der Waals surface area contributed by atoms with Gasteiger partial charge in [-0.25, -0.2) is 9.97 Å². The summed E-state index contributed by atoms with van der Waals surface area (Å²) in [5.74, 6) is 0.977. The number of aromatic nitrogens is 3. The van der Waals surface area contributed by atoms with Crippen LogP contribution in [0.4, 0.5) is 0 Å². The van der Waals surface area contributed by atoms with Crippen molar-refractivity contribution in [2.75, 3.05) is 7.05 Å². The maximum absolute atomic E-state index is 4.77. The van der Waals surface area contributed by atoms with E-state index >= 15 is 0 Å². The Balaban J connectivity index is 2.25. The normalized spacial score (nSPS) is 11.2. The Bertz CT molecular complexity index is 738. The third-order valence-corrected chi connectivity index (χ3v) is 3.31. The summed E-state index contributed by atoms with van der Waals surface area (Å²) in [6.45, 7) is 4.94. The number of nitrogens with zero attached hydrogens (tertiary/aromatic N) is 3. The summed E-state index contributed by atoms with van der Waals surface area (Å²) in [6, 6.07) is 8.42. The number of nitrogens with one attached hydrogen (secondary N) is 1. The largest absolute Gasteiger partial charge is 0.313 e. The number of hydrogen-bond acceptors (Lipinski definition) is 3. The van der Waals surface area contributed by atoms with E-state index in [1.54, 1.807) is 0 Å². The molecular weight excluding hydrogens is 248 g/mol. The molecule has 0 atom stereocenters. The van der Waals surface area contributed by atoms with Crippen LogP contribution in [0.3, 0.4) is 0 Å². The van der Waals surface area contributed by atoms with E-state index in [9.17, 15) is 0 Å². The molecule has 0 aliphatic heterocycles. The lowest BCUT2D eigenvalue weighted by Crippen LogP contribution is -2.08. The highest BCUT2D eigenvalue weighted by molar-refractivity contribution is 5.75. The first-order valence-electron chi connectivity index (χ1n) is 6.74. The molecule has 0 saturated carbocycles. The van der Waals surface area contributed by atoms with Crippen LogP contribution in [0.2, 0.25) is 0 Å². The first-order valence-corrected chi connectivity index (χ1v) is 6.74. The second-order valence-electron chi connectivity index (χ2n) is 5.10. The van der Waals surface area contributed by atoms with Crippen molar-refractivity contribution in [3.63, 3.8) is 0 Å². The third-order valence-electron chi connectivity index (χ3n) is 3.31. The van der Waals surface area contributed by atoms with Gasteiger partial charge in [0.05, 0.1) is 6.54 Å². The van der Waals surface area contributed by atoms with Crippen LogP contribution in [0.5, 0.6) is 0 Å². The summed E-state index contributed by atoms with van der Waals surface area (Å²) in [7, 11) is 1.92. The highest BCUT2D eigenvalue weighted by Gasteiger charge is 2.13. The second kappa shape index (κ2) is 5.06. The molecule has 20 heavy (non-hydrogen) atoms. The summed E-state index contributed by atoms with van der Waals surface area (Å²) >= 11 is 0. The van der Waals surface area contributed by atoms with E-state index in [1.807, 2.05) is 29.9 Å². The smallest absolute Gasteiger partial charge is 0.164 e. The molecule has 3 aromatic rings. The van der Waals surface area contributed by atoms with Gasteiger partial charge in [-0.1, -0.05) is 17.2 Å². The SMILES string of the molecule is CNCc1nc(-c2cc(C)cc(C)c2)c2ncccn12. The fourth-order valence-electron chi connectivity index (χ4n) is 2.58. The van der Waals surface area contributed by atoms with Gasteiger partial charge in [-0.3, -0.25) is 4.40 Å². The van der Waals surface area contributed by atoms with Crippen LogP contribution in [0, 0.1) is 13.8 Å². The van der Waals surface area contributed by atoms with Gasteiger partial charge in [-0.15, -0.1) is 0 Å². The zero-order valence-corrected chi connectivity index (χ0v) is 12.0. The van der Waals surface area contributed by atoms with Gasteiger partial charge in [-0.2, -0.15) is 0 Å². The average molecular weight is 266 g/mol. The van der Waals surface area contributed by atoms with Crippen LogP contribution in [0.15, 0.2) is 36.7 Å². The third kappa shape index (κ3) is 2.18. The quantitative estimate of drug-likeness (QED) is 0.792. The second-order valence-corrected chi connectivity index (χ2v) is 5.10. The van der Waals surface area contributed by atoms with Gasteiger partial charge in [0.15, 0.2) is 5.65 Å². The average Bonchev–Trinajstić information content (AvgIpc) is 2.78. The van der Waals surface area contributed by atoms with E-state index in [0.29, 0.717) is 0 Å². The van der Waals surface area contributed by atoms with E-state index in [4.69, 9.17) is 4.98 Å². The highest BCUT2D eigenvalue weighted by atomic mass is 15.1. The summed E-state index contributed by atoms with van der Waals surface area (Å²) in [5, 5.41) is 3.15. The molecule has 0 radical (unpaired) electrons. The van der Waals surface area contributed by atoms with E-state index in [-0.39, 0.29) is 0 Å². The number of rotatable bonds is 3. The molecule has 1 N–H and O–H groups in total. The van der Waals surface area contributed by atoms with Crippen molar-refractivity contribution < 1.29 is 0 Å². The topological polar surface area (TPSA) is 42.2 Å². The molecule has 0 aliphatic rings. The minimum atomic E-state index is 0.720. The highest BCUT2D eigenvalue weighted by Crippen LogP contribution is 2.25. The zero-order chi connectivity index (χ0) is 14.1. The van der Waals surface area contributed by atoms with Crippen molar-refractivity contribution in [1.29, 1.82) is 0 Å². The fourth-order valence-corrected chi connectivity index (χ4v) is 2.58. The van der Waals surface area contributed by atoms with E-state index in [0.717, 1.165) is 29.3 Å². The minimum absolute atomic E-state index is 0.720. The van der Waals surface area contributed by atoms with Crippen LogP contribution >= 0.6 is 0 Å². The summed E-state index contributed by atoms with van der Waals surface area (Å²) in [4.78, 5) is 9.26. The van der Waals surface area contributed by atoms with Gasteiger partial charge in [-0.05, 0) is 39.1 Å². The Labute approximate surface area is 118 Å². The van der Waals surface area contributed by atoms with Crippen molar-refractivity contribution in [2.45, 2.75) is 20.4 Å². The standard InChI is InChI=1S/C16H18N4/c1-11-7-12(2)9-13(8-11)15-16-18-5-4-6-20(16)14(19-15)10-17-3/h4-9,17H,10H2,1-3H3. The Morgan fingerprint density at radius 1 is 1.15 bits per heavy atom.